The molecule has 0 aromatic heterocycles. The molecule has 0 saturated heterocycles. The molecule has 2 atom stereocenters. The average molecular weight is 263 g/mol. The number of benzene rings is 1. The summed E-state index contributed by atoms with van der Waals surface area (Å²) in [7, 11) is 1.78. The van der Waals surface area contributed by atoms with Crippen LogP contribution in [0.1, 0.15) is 37.0 Å². The van der Waals surface area contributed by atoms with Crippen LogP contribution in [0.4, 0.5) is 0 Å². The Kier molecular flexibility index (Phi) is 7.11. The van der Waals surface area contributed by atoms with Gasteiger partial charge >= 0.3 is 0 Å². The van der Waals surface area contributed by atoms with Crippen LogP contribution in [0.3, 0.4) is 0 Å². The standard InChI is InChI=1S/C17H29NO/c1-6-18-17(15(4)7-8-19-5)12-16-10-13(2)9-14(3)11-16/h9-11,15,17-18H,6-8,12H2,1-5H3. The molecule has 108 valence electrons. The van der Waals surface area contributed by atoms with Crippen LogP contribution >= 0.6 is 0 Å². The molecule has 19 heavy (non-hydrogen) atoms. The molecule has 0 aliphatic heterocycles. The van der Waals surface area contributed by atoms with Gasteiger partial charge in [0.2, 0.25) is 0 Å². The molecular weight excluding hydrogens is 234 g/mol. The van der Waals surface area contributed by atoms with Crippen molar-refractivity contribution >= 4 is 0 Å². The first kappa shape index (κ1) is 16.2. The monoisotopic (exact) mass is 263 g/mol. The number of methoxy groups -OCH3 is 1. The van der Waals surface area contributed by atoms with E-state index in [0.717, 1.165) is 26.0 Å². The average Bonchev–Trinajstić information content (AvgIpc) is 2.34. The van der Waals surface area contributed by atoms with Gasteiger partial charge < -0.3 is 10.1 Å². The van der Waals surface area contributed by atoms with Crippen molar-refractivity contribution in [2.75, 3.05) is 20.3 Å². The zero-order chi connectivity index (χ0) is 14.3. The third kappa shape index (κ3) is 5.75. The van der Waals surface area contributed by atoms with Crippen molar-refractivity contribution < 1.29 is 4.74 Å². The van der Waals surface area contributed by atoms with Gasteiger partial charge in [0.15, 0.2) is 0 Å². The first-order valence-electron chi connectivity index (χ1n) is 7.36. The van der Waals surface area contributed by atoms with Gasteiger partial charge in [-0.25, -0.2) is 0 Å². The summed E-state index contributed by atoms with van der Waals surface area (Å²) in [6.07, 6.45) is 2.21. The maximum absolute atomic E-state index is 5.20. The molecule has 2 heteroatoms. The fourth-order valence-corrected chi connectivity index (χ4v) is 2.68. The Morgan fingerprint density at radius 1 is 1.16 bits per heavy atom. The van der Waals surface area contributed by atoms with Gasteiger partial charge in [-0.2, -0.15) is 0 Å². The lowest BCUT2D eigenvalue weighted by Gasteiger charge is -2.25. The van der Waals surface area contributed by atoms with E-state index in [2.05, 4.69) is 51.2 Å². The van der Waals surface area contributed by atoms with E-state index in [9.17, 15) is 0 Å². The highest BCUT2D eigenvalue weighted by Gasteiger charge is 2.16. The number of aryl methyl sites for hydroxylation is 2. The lowest BCUT2D eigenvalue weighted by Crippen LogP contribution is -2.37. The number of hydrogen-bond acceptors (Lipinski definition) is 2. The van der Waals surface area contributed by atoms with Crippen LogP contribution < -0.4 is 5.32 Å². The third-order valence-corrected chi connectivity index (χ3v) is 3.67. The van der Waals surface area contributed by atoms with Gasteiger partial charge in [-0.1, -0.05) is 43.2 Å². The molecule has 0 aliphatic rings. The van der Waals surface area contributed by atoms with Crippen LogP contribution in [-0.4, -0.2) is 26.3 Å². The van der Waals surface area contributed by atoms with Crippen molar-refractivity contribution in [1.29, 1.82) is 0 Å². The number of ether oxygens (including phenoxy) is 1. The summed E-state index contributed by atoms with van der Waals surface area (Å²) < 4.78 is 5.20. The molecule has 0 saturated carbocycles. The van der Waals surface area contributed by atoms with Gasteiger partial charge in [-0.15, -0.1) is 0 Å². The molecule has 0 spiro atoms. The van der Waals surface area contributed by atoms with E-state index in [1.54, 1.807) is 7.11 Å². The Morgan fingerprint density at radius 2 is 1.79 bits per heavy atom. The van der Waals surface area contributed by atoms with E-state index < -0.39 is 0 Å². The van der Waals surface area contributed by atoms with E-state index in [0.29, 0.717) is 12.0 Å². The highest BCUT2D eigenvalue weighted by Crippen LogP contribution is 2.16. The second kappa shape index (κ2) is 8.34. The summed E-state index contributed by atoms with van der Waals surface area (Å²) in [5.74, 6) is 0.626. The second-order valence-corrected chi connectivity index (χ2v) is 5.62. The summed E-state index contributed by atoms with van der Waals surface area (Å²) in [6.45, 7) is 10.7. The van der Waals surface area contributed by atoms with Gasteiger partial charge in [0.25, 0.3) is 0 Å². The van der Waals surface area contributed by atoms with Crippen molar-refractivity contribution in [3.63, 3.8) is 0 Å². The maximum atomic E-state index is 5.20. The summed E-state index contributed by atoms with van der Waals surface area (Å²) in [5.41, 5.74) is 4.15. The minimum atomic E-state index is 0.529. The maximum Gasteiger partial charge on any atom is 0.0465 e. The van der Waals surface area contributed by atoms with Crippen LogP contribution in [0, 0.1) is 19.8 Å². The van der Waals surface area contributed by atoms with Crippen LogP contribution in [0.2, 0.25) is 0 Å². The minimum absolute atomic E-state index is 0.529. The molecule has 1 N–H and O–H groups in total. The number of nitrogens with one attached hydrogen (secondary N) is 1. The Morgan fingerprint density at radius 3 is 2.32 bits per heavy atom. The zero-order valence-electron chi connectivity index (χ0n) is 13.1. The van der Waals surface area contributed by atoms with Gasteiger partial charge in [-0.05, 0) is 44.7 Å². The normalized spacial score (nSPS) is 14.4. The van der Waals surface area contributed by atoms with Gasteiger partial charge in [0.1, 0.15) is 0 Å². The van der Waals surface area contributed by atoms with E-state index in [1.807, 2.05) is 0 Å². The van der Waals surface area contributed by atoms with Crippen LogP contribution in [0.25, 0.3) is 0 Å². The fourth-order valence-electron chi connectivity index (χ4n) is 2.68. The van der Waals surface area contributed by atoms with Crippen LogP contribution in [0.5, 0.6) is 0 Å². The first-order chi connectivity index (χ1) is 9.06. The molecule has 1 aromatic carbocycles. The Hall–Kier alpha value is -0.860. The second-order valence-electron chi connectivity index (χ2n) is 5.62. The van der Waals surface area contributed by atoms with Gasteiger partial charge in [0, 0.05) is 19.8 Å². The molecule has 2 nitrogen and oxygen atoms in total. The quantitative estimate of drug-likeness (QED) is 0.775. The fraction of sp³-hybridized carbons (Fsp3) is 0.647. The predicted octanol–water partition coefficient (Wildman–Crippen LogP) is 3.50. The lowest BCUT2D eigenvalue weighted by atomic mass is 9.91. The molecule has 0 bridgehead atoms. The van der Waals surface area contributed by atoms with Crippen LogP contribution in [0.15, 0.2) is 18.2 Å². The van der Waals surface area contributed by atoms with Crippen molar-refractivity contribution in [2.24, 2.45) is 5.92 Å². The highest BCUT2D eigenvalue weighted by molar-refractivity contribution is 5.29. The van der Waals surface area contributed by atoms with E-state index >= 15 is 0 Å². The molecule has 0 aliphatic carbocycles. The van der Waals surface area contributed by atoms with Crippen molar-refractivity contribution in [3.05, 3.63) is 34.9 Å². The summed E-state index contributed by atoms with van der Waals surface area (Å²) in [5, 5.41) is 3.62. The molecule has 1 aromatic rings. The predicted molar refractivity (Wildman–Crippen MR) is 82.7 cm³/mol. The van der Waals surface area contributed by atoms with Gasteiger partial charge in [-0.3, -0.25) is 0 Å². The lowest BCUT2D eigenvalue weighted by molar-refractivity contribution is 0.170. The number of hydrogen-bond donors (Lipinski definition) is 1. The molecule has 0 fully saturated rings. The molecular formula is C17H29NO. The minimum Gasteiger partial charge on any atom is -0.385 e. The molecule has 0 radical (unpaired) electrons. The summed E-state index contributed by atoms with van der Waals surface area (Å²) in [4.78, 5) is 0. The SMILES string of the molecule is CCNC(Cc1cc(C)cc(C)c1)C(C)CCOC. The van der Waals surface area contributed by atoms with Crippen molar-refractivity contribution in [2.45, 2.75) is 46.6 Å². The Balaban J connectivity index is 2.71. The Bertz CT molecular complexity index is 355. The molecule has 2 unspecified atom stereocenters. The number of likely N-dealkylation sites (N-methyl/N-ethyl adjacent to an activating group) is 1. The van der Waals surface area contributed by atoms with E-state index in [4.69, 9.17) is 4.74 Å². The van der Waals surface area contributed by atoms with Gasteiger partial charge in [0.05, 0.1) is 0 Å². The van der Waals surface area contributed by atoms with E-state index in [1.165, 1.54) is 16.7 Å². The number of rotatable bonds is 8. The molecule has 0 amide bonds. The Labute approximate surface area is 118 Å². The largest absolute Gasteiger partial charge is 0.385 e. The smallest absolute Gasteiger partial charge is 0.0465 e. The zero-order valence-corrected chi connectivity index (χ0v) is 13.1. The molecule has 0 heterocycles. The molecule has 1 rings (SSSR count). The van der Waals surface area contributed by atoms with Crippen molar-refractivity contribution in [1.82, 2.24) is 5.32 Å². The first-order valence-corrected chi connectivity index (χ1v) is 7.36. The summed E-state index contributed by atoms with van der Waals surface area (Å²) >= 11 is 0. The topological polar surface area (TPSA) is 21.3 Å². The summed E-state index contributed by atoms with van der Waals surface area (Å²) in [6, 6.07) is 7.38. The highest BCUT2D eigenvalue weighted by atomic mass is 16.5. The third-order valence-electron chi connectivity index (χ3n) is 3.67. The van der Waals surface area contributed by atoms with Crippen LogP contribution in [-0.2, 0) is 11.2 Å². The van der Waals surface area contributed by atoms with Crippen molar-refractivity contribution in [3.8, 4) is 0 Å². The van der Waals surface area contributed by atoms with E-state index in [-0.39, 0.29) is 0 Å².